The van der Waals surface area contributed by atoms with Crippen LogP contribution >= 0.6 is 23.2 Å². The predicted molar refractivity (Wildman–Crippen MR) is 151 cm³/mol. The highest BCUT2D eigenvalue weighted by molar-refractivity contribution is 6.30. The minimum atomic E-state index is -6.74. The fourth-order valence-corrected chi connectivity index (χ4v) is 4.86. The Hall–Kier alpha value is -3.86. The molecule has 0 aliphatic carbocycles. The number of alkyl halides is 16. The second kappa shape index (κ2) is 13.0. The zero-order valence-corrected chi connectivity index (χ0v) is 26.0. The lowest BCUT2D eigenvalue weighted by molar-refractivity contribution is -0.374. The van der Waals surface area contributed by atoms with E-state index in [1.807, 2.05) is 0 Å². The highest BCUT2D eigenvalue weighted by Crippen LogP contribution is 2.61. The van der Waals surface area contributed by atoms with Gasteiger partial charge in [0.15, 0.2) is 0 Å². The molecule has 19 heteroatoms. The third-order valence-corrected chi connectivity index (χ3v) is 7.88. The molecule has 0 N–H and O–H groups in total. The average Bonchev–Trinajstić information content (AvgIpc) is 3.04. The maximum atomic E-state index is 14.8. The Morgan fingerprint density at radius 3 is 0.843 bits per heavy atom. The summed E-state index contributed by atoms with van der Waals surface area (Å²) in [6.07, 6.45) is 0. The number of benzene rings is 4. The number of hydrogen-bond donors (Lipinski definition) is 0. The second-order valence-electron chi connectivity index (χ2n) is 10.8. The summed E-state index contributed by atoms with van der Waals surface area (Å²) in [5, 5.41) is -1.18. The third-order valence-electron chi connectivity index (χ3n) is 7.41. The van der Waals surface area contributed by atoms with E-state index in [1.165, 1.54) is 0 Å². The topological polar surface area (TPSA) is 9.23 Å². The van der Waals surface area contributed by atoms with E-state index in [4.69, 9.17) is 27.9 Å². The van der Waals surface area contributed by atoms with E-state index >= 15 is 0 Å². The van der Waals surface area contributed by atoms with Crippen LogP contribution in [0.3, 0.4) is 0 Å². The van der Waals surface area contributed by atoms with Gasteiger partial charge < -0.3 is 4.74 Å². The van der Waals surface area contributed by atoms with Crippen molar-refractivity contribution in [3.63, 3.8) is 0 Å². The van der Waals surface area contributed by atoms with Crippen molar-refractivity contribution in [2.45, 2.75) is 47.4 Å². The van der Waals surface area contributed by atoms with Crippen LogP contribution in [0.1, 0.15) is 22.3 Å². The fourth-order valence-electron chi connectivity index (χ4n) is 4.48. The van der Waals surface area contributed by atoms with Crippen molar-refractivity contribution in [3.8, 4) is 11.5 Å². The monoisotopic (exact) mass is 790 g/mol. The van der Waals surface area contributed by atoms with E-state index in [0.29, 0.717) is 36.4 Å². The van der Waals surface area contributed by atoms with Gasteiger partial charge in [-0.15, -0.1) is 0 Å². The zero-order chi connectivity index (χ0) is 38.6. The van der Waals surface area contributed by atoms with Crippen molar-refractivity contribution in [1.82, 2.24) is 0 Å². The summed E-state index contributed by atoms with van der Waals surface area (Å²) >= 11 is 10.9. The summed E-state index contributed by atoms with van der Waals surface area (Å²) in [7, 11) is 0. The molecule has 0 saturated heterocycles. The van der Waals surface area contributed by atoms with Crippen LogP contribution in [-0.4, -0.2) is 23.7 Å². The highest BCUT2D eigenvalue weighted by Gasteiger charge is 2.82. The van der Waals surface area contributed by atoms with Gasteiger partial charge in [0.05, 0.1) is 0 Å². The molecule has 4 aromatic carbocycles. The zero-order valence-electron chi connectivity index (χ0n) is 24.4. The normalized spacial score (nSPS) is 14.1. The average molecular weight is 791 g/mol. The Morgan fingerprint density at radius 1 is 0.333 bits per heavy atom. The molecule has 0 amide bonds. The van der Waals surface area contributed by atoms with Gasteiger partial charge in [-0.2, -0.15) is 70.2 Å². The Labute approximate surface area is 286 Å². The van der Waals surface area contributed by atoms with Crippen LogP contribution in [0.4, 0.5) is 70.2 Å². The minimum absolute atomic E-state index is 0.0576. The van der Waals surface area contributed by atoms with Crippen LogP contribution < -0.4 is 4.74 Å². The third kappa shape index (κ3) is 6.44. The standard InChI is InChI=1S/C32H16Cl2F16O/c33-21-5-1-3-19(15-21)27(39,40)31(47,48)29(43,44)25(35,36)17-7-11-23(12-8-17)51-24-13-9-18(10-14-24)26(37,38)30(45,46)32(49,50)28(41,42)20-4-2-6-22(34)16-20/h1-16H. The maximum Gasteiger partial charge on any atom is 0.382 e. The lowest BCUT2D eigenvalue weighted by Crippen LogP contribution is -2.59. The largest absolute Gasteiger partial charge is 0.457 e. The second-order valence-corrected chi connectivity index (χ2v) is 11.6. The Balaban J connectivity index is 1.55. The molecule has 0 aliphatic heterocycles. The number of halogens is 18. The van der Waals surface area contributed by atoms with Crippen LogP contribution in [0.15, 0.2) is 97.1 Å². The van der Waals surface area contributed by atoms with Crippen molar-refractivity contribution in [2.24, 2.45) is 0 Å². The van der Waals surface area contributed by atoms with Gasteiger partial charge in [0, 0.05) is 32.3 Å². The molecule has 0 fully saturated rings. The van der Waals surface area contributed by atoms with E-state index in [2.05, 4.69) is 0 Å². The quantitative estimate of drug-likeness (QED) is 0.130. The van der Waals surface area contributed by atoms with Crippen LogP contribution in [0, 0.1) is 0 Å². The van der Waals surface area contributed by atoms with Gasteiger partial charge in [0.25, 0.3) is 0 Å². The molecule has 1 nitrogen and oxygen atoms in total. The molecule has 4 rings (SSSR count). The van der Waals surface area contributed by atoms with Crippen LogP contribution in [0.2, 0.25) is 10.0 Å². The van der Waals surface area contributed by atoms with Gasteiger partial charge in [0.2, 0.25) is 0 Å². The van der Waals surface area contributed by atoms with Gasteiger partial charge in [-0.1, -0.05) is 47.5 Å². The molecule has 4 aromatic rings. The Kier molecular flexibility index (Phi) is 10.2. The van der Waals surface area contributed by atoms with Crippen LogP contribution in [0.5, 0.6) is 11.5 Å². The van der Waals surface area contributed by atoms with E-state index in [9.17, 15) is 70.2 Å². The molecule has 276 valence electrons. The van der Waals surface area contributed by atoms with Crippen molar-refractivity contribution < 1.29 is 75.0 Å². The molecule has 0 saturated carbocycles. The summed E-state index contributed by atoms with van der Waals surface area (Å²) < 4.78 is 239. The summed E-state index contributed by atoms with van der Waals surface area (Å²) in [4.78, 5) is 0. The molecule has 0 atom stereocenters. The van der Waals surface area contributed by atoms with Gasteiger partial charge in [-0.05, 0) is 72.8 Å². The van der Waals surface area contributed by atoms with Gasteiger partial charge >= 0.3 is 47.4 Å². The molecular formula is C32H16Cl2F16O. The van der Waals surface area contributed by atoms with E-state index in [1.54, 1.807) is 0 Å². The molecule has 51 heavy (non-hydrogen) atoms. The van der Waals surface area contributed by atoms with Crippen molar-refractivity contribution in [2.75, 3.05) is 0 Å². The number of hydrogen-bond acceptors (Lipinski definition) is 1. The molecular weight excluding hydrogens is 775 g/mol. The van der Waals surface area contributed by atoms with Gasteiger partial charge in [-0.25, -0.2) is 0 Å². The first kappa shape index (κ1) is 39.9. The van der Waals surface area contributed by atoms with E-state index < -0.39 is 91.2 Å². The molecule has 0 radical (unpaired) electrons. The lowest BCUT2D eigenvalue weighted by atomic mass is 9.90. The molecule has 0 unspecified atom stereocenters. The van der Waals surface area contributed by atoms with Gasteiger partial charge in [-0.3, -0.25) is 0 Å². The minimum Gasteiger partial charge on any atom is -0.457 e. The molecule has 0 aromatic heterocycles. The highest BCUT2D eigenvalue weighted by atomic mass is 35.5. The smallest absolute Gasteiger partial charge is 0.382 e. The van der Waals surface area contributed by atoms with Crippen molar-refractivity contribution in [3.05, 3.63) is 129 Å². The fraction of sp³-hybridized carbons (Fsp3) is 0.250. The maximum absolute atomic E-state index is 14.8. The first-order chi connectivity index (χ1) is 23.2. The Bertz CT molecular complexity index is 1730. The van der Waals surface area contributed by atoms with Crippen LogP contribution in [-0.2, 0) is 23.7 Å². The van der Waals surface area contributed by atoms with E-state index in [0.717, 1.165) is 12.1 Å². The first-order valence-electron chi connectivity index (χ1n) is 13.6. The summed E-state index contributed by atoms with van der Waals surface area (Å²) in [6.45, 7) is 0. The Morgan fingerprint density at radius 2 is 0.588 bits per heavy atom. The molecule has 0 bridgehead atoms. The number of rotatable bonds is 12. The summed E-state index contributed by atoms with van der Waals surface area (Å²) in [6, 6.07) is 6.00. The predicted octanol–water partition coefficient (Wildman–Crippen LogP) is 13.1. The first-order valence-corrected chi connectivity index (χ1v) is 14.4. The SMILES string of the molecule is FC(F)(c1ccc(Oc2ccc(C(F)(F)C(F)(F)C(F)(F)C(F)(F)c3cccc(Cl)c3)cc2)cc1)C(F)(F)C(F)(F)C(F)(F)c1cccc(Cl)c1. The van der Waals surface area contributed by atoms with Gasteiger partial charge in [0.1, 0.15) is 11.5 Å². The van der Waals surface area contributed by atoms with Crippen molar-refractivity contribution in [1.29, 1.82) is 0 Å². The molecule has 0 spiro atoms. The summed E-state index contributed by atoms with van der Waals surface area (Å²) in [5.74, 6) is -51.8. The molecule has 0 heterocycles. The van der Waals surface area contributed by atoms with E-state index in [-0.39, 0.29) is 48.5 Å². The molecule has 0 aliphatic rings. The van der Waals surface area contributed by atoms with Crippen LogP contribution in [0.25, 0.3) is 0 Å². The lowest BCUT2D eigenvalue weighted by Gasteiger charge is -2.37. The van der Waals surface area contributed by atoms with Crippen molar-refractivity contribution >= 4 is 23.2 Å². The number of ether oxygens (including phenoxy) is 1. The summed E-state index contributed by atoms with van der Waals surface area (Å²) in [5.41, 5.74) is -7.44.